The number of anilines is 1. The van der Waals surface area contributed by atoms with Gasteiger partial charge in [0.05, 0.1) is 6.10 Å². The molecular formula is C12H17NO. The van der Waals surface area contributed by atoms with Gasteiger partial charge >= 0.3 is 0 Å². The molecule has 0 saturated heterocycles. The molecule has 2 heteroatoms. The van der Waals surface area contributed by atoms with Gasteiger partial charge in [-0.05, 0) is 49.9 Å². The van der Waals surface area contributed by atoms with Gasteiger partial charge in [0.15, 0.2) is 0 Å². The van der Waals surface area contributed by atoms with Crippen LogP contribution in [0, 0.1) is 0 Å². The highest BCUT2D eigenvalue weighted by Crippen LogP contribution is 2.24. The van der Waals surface area contributed by atoms with Crippen LogP contribution >= 0.6 is 0 Å². The van der Waals surface area contributed by atoms with Gasteiger partial charge in [-0.15, -0.1) is 0 Å². The van der Waals surface area contributed by atoms with E-state index < -0.39 is 0 Å². The Morgan fingerprint density at radius 3 is 2.36 bits per heavy atom. The predicted molar refractivity (Wildman–Crippen MR) is 58.9 cm³/mol. The van der Waals surface area contributed by atoms with Crippen molar-refractivity contribution in [2.24, 2.45) is 0 Å². The average molecular weight is 191 g/mol. The standard InChI is InChI=1S/C12H17NO/c1-13-10-6-8-12(9-7-10)14-11-4-2-3-5-11/h6-9,11,13H,2-5H2,1H3. The maximum absolute atomic E-state index is 5.85. The summed E-state index contributed by atoms with van der Waals surface area (Å²) < 4.78 is 5.85. The lowest BCUT2D eigenvalue weighted by atomic mass is 10.3. The highest BCUT2D eigenvalue weighted by Gasteiger charge is 2.15. The summed E-state index contributed by atoms with van der Waals surface area (Å²) in [5.74, 6) is 0.996. The van der Waals surface area contributed by atoms with E-state index in [0.29, 0.717) is 6.10 Å². The van der Waals surface area contributed by atoms with Crippen LogP contribution in [0.1, 0.15) is 25.7 Å². The fraction of sp³-hybridized carbons (Fsp3) is 0.500. The van der Waals surface area contributed by atoms with Crippen LogP contribution in [0.2, 0.25) is 0 Å². The third-order valence-corrected chi connectivity index (χ3v) is 2.75. The van der Waals surface area contributed by atoms with Crippen molar-refractivity contribution in [2.75, 3.05) is 12.4 Å². The fourth-order valence-electron chi connectivity index (χ4n) is 1.90. The number of benzene rings is 1. The van der Waals surface area contributed by atoms with Crippen molar-refractivity contribution in [3.05, 3.63) is 24.3 Å². The summed E-state index contributed by atoms with van der Waals surface area (Å²) in [7, 11) is 1.92. The molecule has 0 aliphatic heterocycles. The molecular weight excluding hydrogens is 174 g/mol. The van der Waals surface area contributed by atoms with Gasteiger partial charge < -0.3 is 10.1 Å². The van der Waals surface area contributed by atoms with E-state index in [-0.39, 0.29) is 0 Å². The Hall–Kier alpha value is -1.18. The zero-order valence-corrected chi connectivity index (χ0v) is 8.62. The molecule has 1 fully saturated rings. The number of nitrogens with one attached hydrogen (secondary N) is 1. The molecule has 1 aliphatic carbocycles. The van der Waals surface area contributed by atoms with Gasteiger partial charge in [0.25, 0.3) is 0 Å². The Morgan fingerprint density at radius 2 is 1.79 bits per heavy atom. The van der Waals surface area contributed by atoms with Gasteiger partial charge in [0.1, 0.15) is 5.75 Å². The Labute approximate surface area is 85.3 Å². The van der Waals surface area contributed by atoms with Crippen molar-refractivity contribution >= 4 is 5.69 Å². The largest absolute Gasteiger partial charge is 0.490 e. The first-order valence-electron chi connectivity index (χ1n) is 5.33. The molecule has 0 heterocycles. The molecule has 1 saturated carbocycles. The zero-order chi connectivity index (χ0) is 9.80. The van der Waals surface area contributed by atoms with E-state index in [1.165, 1.54) is 25.7 Å². The van der Waals surface area contributed by atoms with Gasteiger partial charge in [-0.25, -0.2) is 0 Å². The molecule has 1 aromatic rings. The average Bonchev–Trinajstić information content (AvgIpc) is 2.72. The van der Waals surface area contributed by atoms with Gasteiger partial charge in [0, 0.05) is 12.7 Å². The minimum Gasteiger partial charge on any atom is -0.490 e. The third kappa shape index (κ3) is 2.19. The monoisotopic (exact) mass is 191 g/mol. The van der Waals surface area contributed by atoms with Crippen molar-refractivity contribution < 1.29 is 4.74 Å². The molecule has 0 radical (unpaired) electrons. The highest BCUT2D eigenvalue weighted by molar-refractivity contribution is 5.45. The number of hydrogen-bond acceptors (Lipinski definition) is 2. The van der Waals surface area contributed by atoms with Crippen LogP contribution in [0.15, 0.2) is 24.3 Å². The lowest BCUT2D eigenvalue weighted by molar-refractivity contribution is 0.210. The second kappa shape index (κ2) is 4.36. The van der Waals surface area contributed by atoms with Gasteiger partial charge in [0.2, 0.25) is 0 Å². The molecule has 0 atom stereocenters. The molecule has 0 bridgehead atoms. The molecule has 14 heavy (non-hydrogen) atoms. The van der Waals surface area contributed by atoms with E-state index in [4.69, 9.17) is 4.74 Å². The van der Waals surface area contributed by atoms with E-state index in [1.54, 1.807) is 0 Å². The smallest absolute Gasteiger partial charge is 0.119 e. The molecule has 0 aromatic heterocycles. The van der Waals surface area contributed by atoms with Crippen molar-refractivity contribution in [1.82, 2.24) is 0 Å². The molecule has 0 spiro atoms. The van der Waals surface area contributed by atoms with Crippen LogP contribution in [-0.2, 0) is 0 Å². The SMILES string of the molecule is CNc1ccc(OC2CCCC2)cc1. The summed E-state index contributed by atoms with van der Waals surface area (Å²) in [6, 6.07) is 8.16. The number of rotatable bonds is 3. The van der Waals surface area contributed by atoms with Crippen LogP contribution in [0.5, 0.6) is 5.75 Å². The molecule has 1 N–H and O–H groups in total. The summed E-state index contributed by atoms with van der Waals surface area (Å²) >= 11 is 0. The fourth-order valence-corrected chi connectivity index (χ4v) is 1.90. The highest BCUT2D eigenvalue weighted by atomic mass is 16.5. The Bertz CT molecular complexity index is 275. The van der Waals surface area contributed by atoms with Crippen LogP contribution in [0.4, 0.5) is 5.69 Å². The van der Waals surface area contributed by atoms with Crippen molar-refractivity contribution in [2.45, 2.75) is 31.8 Å². The number of hydrogen-bond donors (Lipinski definition) is 1. The molecule has 76 valence electrons. The Balaban J connectivity index is 1.95. The molecule has 2 nitrogen and oxygen atoms in total. The van der Waals surface area contributed by atoms with Crippen molar-refractivity contribution in [1.29, 1.82) is 0 Å². The summed E-state index contributed by atoms with van der Waals surface area (Å²) in [5, 5.41) is 3.09. The van der Waals surface area contributed by atoms with Gasteiger partial charge in [-0.3, -0.25) is 0 Å². The molecule has 0 amide bonds. The van der Waals surface area contributed by atoms with E-state index in [0.717, 1.165) is 11.4 Å². The maximum atomic E-state index is 5.85. The third-order valence-electron chi connectivity index (χ3n) is 2.75. The first kappa shape index (κ1) is 9.38. The lowest BCUT2D eigenvalue weighted by Gasteiger charge is -2.13. The number of ether oxygens (including phenoxy) is 1. The van der Waals surface area contributed by atoms with Crippen molar-refractivity contribution in [3.8, 4) is 5.75 Å². The second-order valence-corrected chi connectivity index (χ2v) is 3.80. The first-order valence-corrected chi connectivity index (χ1v) is 5.33. The topological polar surface area (TPSA) is 21.3 Å². The minimum atomic E-state index is 0.454. The van der Waals surface area contributed by atoms with Gasteiger partial charge in [-0.1, -0.05) is 0 Å². The molecule has 1 aliphatic rings. The summed E-state index contributed by atoms with van der Waals surface area (Å²) in [4.78, 5) is 0. The molecule has 0 unspecified atom stereocenters. The van der Waals surface area contributed by atoms with Crippen LogP contribution < -0.4 is 10.1 Å². The lowest BCUT2D eigenvalue weighted by Crippen LogP contribution is -2.10. The normalized spacial score (nSPS) is 16.9. The van der Waals surface area contributed by atoms with Crippen molar-refractivity contribution in [3.63, 3.8) is 0 Å². The van der Waals surface area contributed by atoms with Gasteiger partial charge in [-0.2, -0.15) is 0 Å². The quantitative estimate of drug-likeness (QED) is 0.792. The van der Waals surface area contributed by atoms with E-state index in [2.05, 4.69) is 5.32 Å². The van der Waals surface area contributed by atoms with E-state index in [9.17, 15) is 0 Å². The summed E-state index contributed by atoms with van der Waals surface area (Å²) in [6.07, 6.45) is 5.52. The predicted octanol–water partition coefficient (Wildman–Crippen LogP) is 3.05. The summed E-state index contributed by atoms with van der Waals surface area (Å²) in [6.45, 7) is 0. The molecule has 1 aromatic carbocycles. The van der Waals surface area contributed by atoms with E-state index in [1.807, 2.05) is 31.3 Å². The summed E-state index contributed by atoms with van der Waals surface area (Å²) in [5.41, 5.74) is 1.13. The van der Waals surface area contributed by atoms with E-state index >= 15 is 0 Å². The first-order chi connectivity index (χ1) is 6.88. The zero-order valence-electron chi connectivity index (χ0n) is 8.62. The van der Waals surface area contributed by atoms with Crippen LogP contribution in [0.3, 0.4) is 0 Å². The van der Waals surface area contributed by atoms with Crippen LogP contribution in [0.25, 0.3) is 0 Å². The molecule has 2 rings (SSSR count). The second-order valence-electron chi connectivity index (χ2n) is 3.80. The minimum absolute atomic E-state index is 0.454. The Morgan fingerprint density at radius 1 is 1.14 bits per heavy atom. The Kier molecular flexibility index (Phi) is 2.92. The van der Waals surface area contributed by atoms with Crippen LogP contribution in [-0.4, -0.2) is 13.2 Å². The maximum Gasteiger partial charge on any atom is 0.119 e.